The molecule has 11 nitrogen and oxygen atoms in total. The number of carbonyl (C=O) groups is 2. The first-order valence-corrected chi connectivity index (χ1v) is 19.6. The van der Waals surface area contributed by atoms with E-state index in [1.807, 2.05) is 0 Å². The van der Waals surface area contributed by atoms with Gasteiger partial charge in [-0.05, 0) is 12.8 Å². The fourth-order valence-electron chi connectivity index (χ4n) is 4.80. The number of hydrogen-bond donors (Lipinski definition) is 0. The SMILES string of the molecule is CCCCCCCCCCCC(=O)OCCOCCOCCOCCOCCOCCOCCOCCOC(=O)CCCCCCCCC. The van der Waals surface area contributed by atoms with Gasteiger partial charge < -0.3 is 42.6 Å². The van der Waals surface area contributed by atoms with Crippen LogP contribution in [0.3, 0.4) is 0 Å². The van der Waals surface area contributed by atoms with E-state index in [-0.39, 0.29) is 25.2 Å². The van der Waals surface area contributed by atoms with E-state index >= 15 is 0 Å². The fraction of sp³-hybridized carbons (Fsp3) is 0.947. The summed E-state index contributed by atoms with van der Waals surface area (Å²) < 4.78 is 48.7. The average molecular weight is 707 g/mol. The number of hydrogen-bond acceptors (Lipinski definition) is 11. The van der Waals surface area contributed by atoms with Gasteiger partial charge in [-0.25, -0.2) is 0 Å². The Labute approximate surface area is 299 Å². The second kappa shape index (κ2) is 42.8. The summed E-state index contributed by atoms with van der Waals surface area (Å²) in [7, 11) is 0. The highest BCUT2D eigenvalue weighted by Gasteiger charge is 2.04. The highest BCUT2D eigenvalue weighted by molar-refractivity contribution is 5.69. The molecule has 0 fully saturated rings. The Morgan fingerprint density at radius 2 is 0.490 bits per heavy atom. The molecule has 0 aromatic heterocycles. The number of esters is 2. The first-order valence-electron chi connectivity index (χ1n) is 19.6. The molecule has 49 heavy (non-hydrogen) atoms. The molecule has 0 rings (SSSR count). The van der Waals surface area contributed by atoms with Gasteiger partial charge in [0.25, 0.3) is 0 Å². The van der Waals surface area contributed by atoms with Crippen molar-refractivity contribution in [2.75, 3.05) is 106 Å². The smallest absolute Gasteiger partial charge is 0.305 e. The molecular weight excluding hydrogens is 632 g/mol. The van der Waals surface area contributed by atoms with Crippen LogP contribution in [-0.4, -0.2) is 118 Å². The Bertz CT molecular complexity index is 666. The second-order valence-electron chi connectivity index (χ2n) is 12.2. The maximum Gasteiger partial charge on any atom is 0.305 e. The zero-order chi connectivity index (χ0) is 35.6. The molecular formula is C38H74O11. The number of unbranched alkanes of at least 4 members (excludes halogenated alkanes) is 14. The summed E-state index contributed by atoms with van der Waals surface area (Å²) >= 11 is 0. The van der Waals surface area contributed by atoms with Crippen LogP contribution in [0.4, 0.5) is 0 Å². The minimum absolute atomic E-state index is 0.137. The molecule has 0 saturated heterocycles. The molecule has 0 bridgehead atoms. The maximum absolute atomic E-state index is 11.8. The van der Waals surface area contributed by atoms with Gasteiger partial charge in [-0.3, -0.25) is 9.59 Å². The molecule has 0 N–H and O–H groups in total. The van der Waals surface area contributed by atoms with Gasteiger partial charge in [-0.2, -0.15) is 0 Å². The van der Waals surface area contributed by atoms with Gasteiger partial charge in [-0.15, -0.1) is 0 Å². The minimum atomic E-state index is -0.141. The first-order chi connectivity index (χ1) is 24.2. The summed E-state index contributed by atoms with van der Waals surface area (Å²) in [5, 5.41) is 0. The maximum atomic E-state index is 11.8. The molecule has 0 aromatic rings. The summed E-state index contributed by atoms with van der Waals surface area (Å²) in [6.07, 6.45) is 20.4. The van der Waals surface area contributed by atoms with Gasteiger partial charge in [0, 0.05) is 12.8 Å². The van der Waals surface area contributed by atoms with Gasteiger partial charge in [0.15, 0.2) is 0 Å². The van der Waals surface area contributed by atoms with E-state index in [1.54, 1.807) is 0 Å². The van der Waals surface area contributed by atoms with Crippen LogP contribution in [0.25, 0.3) is 0 Å². The molecule has 11 heteroatoms. The van der Waals surface area contributed by atoms with E-state index in [0.717, 1.165) is 25.7 Å². The van der Waals surface area contributed by atoms with Crippen molar-refractivity contribution < 1.29 is 52.2 Å². The monoisotopic (exact) mass is 707 g/mol. The highest BCUT2D eigenvalue weighted by Crippen LogP contribution is 2.11. The van der Waals surface area contributed by atoms with Gasteiger partial charge in [0.2, 0.25) is 0 Å². The standard InChI is InChI=1S/C38H74O11/c1-3-5-7-9-11-12-14-16-18-20-38(40)49-36-34-47-32-30-45-28-26-43-24-22-41-21-23-42-25-27-44-29-31-46-33-35-48-37(39)19-17-15-13-10-8-6-4-2/h3-36H2,1-2H3. The zero-order valence-corrected chi connectivity index (χ0v) is 31.5. The highest BCUT2D eigenvalue weighted by atomic mass is 16.6. The van der Waals surface area contributed by atoms with Crippen molar-refractivity contribution in [1.82, 2.24) is 0 Å². The lowest BCUT2D eigenvalue weighted by atomic mass is 10.1. The average Bonchev–Trinajstić information content (AvgIpc) is 3.10. The lowest BCUT2D eigenvalue weighted by molar-refractivity contribution is -0.146. The molecule has 292 valence electrons. The van der Waals surface area contributed by atoms with E-state index in [1.165, 1.54) is 77.0 Å². The van der Waals surface area contributed by atoms with E-state index in [0.29, 0.717) is 105 Å². The molecule has 0 aromatic carbocycles. The van der Waals surface area contributed by atoms with E-state index in [9.17, 15) is 9.59 Å². The lowest BCUT2D eigenvalue weighted by Gasteiger charge is -2.09. The van der Waals surface area contributed by atoms with E-state index in [4.69, 9.17) is 42.6 Å². The van der Waals surface area contributed by atoms with Crippen LogP contribution in [0, 0.1) is 0 Å². The molecule has 0 heterocycles. The van der Waals surface area contributed by atoms with Crippen molar-refractivity contribution >= 4 is 11.9 Å². The van der Waals surface area contributed by atoms with Gasteiger partial charge >= 0.3 is 11.9 Å². The van der Waals surface area contributed by atoms with E-state index in [2.05, 4.69) is 13.8 Å². The first kappa shape index (κ1) is 47.7. The van der Waals surface area contributed by atoms with Crippen molar-refractivity contribution in [3.05, 3.63) is 0 Å². The number of carbonyl (C=O) groups excluding carboxylic acids is 2. The third kappa shape index (κ3) is 42.7. The fourth-order valence-corrected chi connectivity index (χ4v) is 4.80. The molecule has 0 spiro atoms. The molecule has 0 radical (unpaired) electrons. The largest absolute Gasteiger partial charge is 0.463 e. The van der Waals surface area contributed by atoms with Crippen LogP contribution >= 0.6 is 0 Å². The Hall–Kier alpha value is -1.34. The molecule has 0 amide bonds. The van der Waals surface area contributed by atoms with Crippen molar-refractivity contribution in [2.45, 2.75) is 129 Å². The summed E-state index contributed by atoms with van der Waals surface area (Å²) in [5.41, 5.74) is 0. The van der Waals surface area contributed by atoms with Crippen molar-refractivity contribution in [3.8, 4) is 0 Å². The molecule has 0 aliphatic carbocycles. The molecule has 0 saturated carbocycles. The van der Waals surface area contributed by atoms with Crippen molar-refractivity contribution in [1.29, 1.82) is 0 Å². The topological polar surface area (TPSA) is 117 Å². The Morgan fingerprint density at radius 1 is 0.286 bits per heavy atom. The summed E-state index contributed by atoms with van der Waals surface area (Å²) in [5.74, 6) is -0.278. The van der Waals surface area contributed by atoms with Crippen LogP contribution in [-0.2, 0) is 52.2 Å². The predicted molar refractivity (Wildman–Crippen MR) is 192 cm³/mol. The molecule has 0 aliphatic rings. The van der Waals surface area contributed by atoms with E-state index < -0.39 is 0 Å². The van der Waals surface area contributed by atoms with Crippen LogP contribution in [0.2, 0.25) is 0 Å². The van der Waals surface area contributed by atoms with Crippen LogP contribution in [0.1, 0.15) is 129 Å². The molecule has 0 aliphatic heterocycles. The molecule has 0 atom stereocenters. The Morgan fingerprint density at radius 3 is 0.735 bits per heavy atom. The lowest BCUT2D eigenvalue weighted by Crippen LogP contribution is -2.15. The minimum Gasteiger partial charge on any atom is -0.463 e. The summed E-state index contributed by atoms with van der Waals surface area (Å²) in [6.45, 7) is 11.5. The predicted octanol–water partition coefficient (Wildman–Crippen LogP) is 7.25. The Balaban J connectivity index is 3.16. The van der Waals surface area contributed by atoms with Crippen molar-refractivity contribution in [2.24, 2.45) is 0 Å². The normalized spacial score (nSPS) is 11.3. The van der Waals surface area contributed by atoms with Gasteiger partial charge in [0.05, 0.1) is 92.5 Å². The second-order valence-corrected chi connectivity index (χ2v) is 12.2. The zero-order valence-electron chi connectivity index (χ0n) is 31.5. The quantitative estimate of drug-likeness (QED) is 0.0472. The summed E-state index contributed by atoms with van der Waals surface area (Å²) in [4.78, 5) is 23.5. The third-order valence-corrected chi connectivity index (χ3v) is 7.68. The van der Waals surface area contributed by atoms with Crippen LogP contribution in [0.15, 0.2) is 0 Å². The third-order valence-electron chi connectivity index (χ3n) is 7.68. The van der Waals surface area contributed by atoms with Crippen molar-refractivity contribution in [3.63, 3.8) is 0 Å². The van der Waals surface area contributed by atoms with Gasteiger partial charge in [0.1, 0.15) is 13.2 Å². The number of ether oxygens (including phenoxy) is 9. The van der Waals surface area contributed by atoms with Crippen LogP contribution in [0.5, 0.6) is 0 Å². The van der Waals surface area contributed by atoms with Crippen LogP contribution < -0.4 is 0 Å². The molecule has 0 unspecified atom stereocenters. The Kier molecular flexibility index (Phi) is 41.7. The van der Waals surface area contributed by atoms with Gasteiger partial charge in [-0.1, -0.05) is 104 Å². The summed E-state index contributed by atoms with van der Waals surface area (Å²) in [6, 6.07) is 0. The number of rotatable bonds is 42.